The number of pyridine rings is 1. The second kappa shape index (κ2) is 9.06. The number of hydrogen-bond donors (Lipinski definition) is 1. The second-order valence-electron chi connectivity index (χ2n) is 9.11. The maximum atomic E-state index is 5.82. The van der Waals surface area contributed by atoms with Crippen molar-refractivity contribution in [3.63, 3.8) is 0 Å². The molecule has 0 radical (unpaired) electrons. The minimum atomic E-state index is 0.0705. The van der Waals surface area contributed by atoms with E-state index in [2.05, 4.69) is 70.8 Å². The van der Waals surface area contributed by atoms with Crippen LogP contribution in [0.4, 0.5) is 0 Å². The SMILES string of the molecule is Cc1cc([C@@H]2[C@@H](c3ccccn3)NC(=S)N2CCN(C)C)c(C)n1C1CCCCC1. The summed E-state index contributed by atoms with van der Waals surface area (Å²) in [5, 5.41) is 4.43. The summed E-state index contributed by atoms with van der Waals surface area (Å²) in [5.74, 6) is 0. The third kappa shape index (κ3) is 4.12. The molecule has 0 aromatic carbocycles. The molecule has 2 aliphatic rings. The van der Waals surface area contributed by atoms with Gasteiger partial charge in [-0.3, -0.25) is 4.98 Å². The first-order chi connectivity index (χ1) is 14.5. The number of nitrogens with one attached hydrogen (secondary N) is 1. The predicted molar refractivity (Wildman–Crippen MR) is 127 cm³/mol. The van der Waals surface area contributed by atoms with Gasteiger partial charge in [0.15, 0.2) is 5.11 Å². The van der Waals surface area contributed by atoms with Crippen LogP contribution in [0.2, 0.25) is 0 Å². The van der Waals surface area contributed by atoms with Gasteiger partial charge in [0.05, 0.1) is 17.8 Å². The van der Waals surface area contributed by atoms with Gasteiger partial charge in [-0.15, -0.1) is 0 Å². The van der Waals surface area contributed by atoms with E-state index in [9.17, 15) is 0 Å². The molecule has 3 heterocycles. The van der Waals surface area contributed by atoms with Gasteiger partial charge in [-0.1, -0.05) is 25.3 Å². The molecular weight excluding hydrogens is 390 g/mol. The zero-order chi connectivity index (χ0) is 21.3. The second-order valence-corrected chi connectivity index (χ2v) is 9.50. The van der Waals surface area contributed by atoms with E-state index in [-0.39, 0.29) is 12.1 Å². The molecule has 1 N–H and O–H groups in total. The van der Waals surface area contributed by atoms with E-state index in [1.807, 2.05) is 12.3 Å². The molecule has 5 nitrogen and oxygen atoms in total. The summed E-state index contributed by atoms with van der Waals surface area (Å²) in [6, 6.07) is 9.43. The van der Waals surface area contributed by atoms with Gasteiger partial charge in [-0.25, -0.2) is 0 Å². The van der Waals surface area contributed by atoms with Gasteiger partial charge in [0.2, 0.25) is 0 Å². The third-order valence-electron chi connectivity index (χ3n) is 6.77. The highest BCUT2D eigenvalue weighted by atomic mass is 32.1. The third-order valence-corrected chi connectivity index (χ3v) is 7.12. The average molecular weight is 426 g/mol. The van der Waals surface area contributed by atoms with E-state index >= 15 is 0 Å². The van der Waals surface area contributed by atoms with E-state index in [0.29, 0.717) is 6.04 Å². The summed E-state index contributed by atoms with van der Waals surface area (Å²) >= 11 is 5.82. The molecule has 30 heavy (non-hydrogen) atoms. The number of nitrogens with zero attached hydrogens (tertiary/aromatic N) is 4. The molecule has 0 amide bonds. The number of hydrogen-bond acceptors (Lipinski definition) is 3. The van der Waals surface area contributed by atoms with Gasteiger partial charge < -0.3 is 19.7 Å². The molecule has 2 aromatic rings. The Labute approximate surface area is 186 Å². The van der Waals surface area contributed by atoms with Crippen molar-refractivity contribution in [1.29, 1.82) is 0 Å². The molecule has 0 spiro atoms. The highest BCUT2D eigenvalue weighted by Gasteiger charge is 2.41. The Morgan fingerprint density at radius 3 is 2.60 bits per heavy atom. The standard InChI is InChI=1S/C24H35N5S/c1-17-16-20(18(2)29(17)19-10-6-5-7-11-19)23-22(21-12-8-9-13-25-21)26-24(30)28(23)15-14-27(3)4/h8-9,12-13,16,19,22-23H,5-7,10-11,14-15H2,1-4H3,(H,26,30)/t22-,23-/m1/s1. The van der Waals surface area contributed by atoms with Crippen LogP contribution in [0.25, 0.3) is 0 Å². The van der Waals surface area contributed by atoms with Crippen LogP contribution in [0.15, 0.2) is 30.5 Å². The smallest absolute Gasteiger partial charge is 0.170 e. The zero-order valence-corrected chi connectivity index (χ0v) is 19.6. The highest BCUT2D eigenvalue weighted by Crippen LogP contribution is 2.42. The molecule has 1 saturated carbocycles. The quantitative estimate of drug-likeness (QED) is 0.688. The molecule has 0 unspecified atom stereocenters. The van der Waals surface area contributed by atoms with Crippen LogP contribution in [0.1, 0.15) is 72.9 Å². The Bertz CT molecular complexity index is 869. The lowest BCUT2D eigenvalue weighted by Crippen LogP contribution is -2.35. The van der Waals surface area contributed by atoms with E-state index in [1.165, 1.54) is 49.1 Å². The van der Waals surface area contributed by atoms with Gasteiger partial charge in [0.1, 0.15) is 0 Å². The number of likely N-dealkylation sites (N-methyl/N-ethyl adjacent to an activating group) is 1. The lowest BCUT2D eigenvalue weighted by molar-refractivity contribution is 0.276. The van der Waals surface area contributed by atoms with Gasteiger partial charge in [0.25, 0.3) is 0 Å². The maximum absolute atomic E-state index is 5.82. The van der Waals surface area contributed by atoms with Crippen molar-refractivity contribution in [2.45, 2.75) is 64.1 Å². The zero-order valence-electron chi connectivity index (χ0n) is 18.8. The van der Waals surface area contributed by atoms with Crippen LogP contribution in [-0.4, -0.2) is 51.6 Å². The summed E-state index contributed by atoms with van der Waals surface area (Å²) in [7, 11) is 4.24. The average Bonchev–Trinajstić information content (AvgIpc) is 3.22. The van der Waals surface area contributed by atoms with Gasteiger partial charge in [-0.2, -0.15) is 0 Å². The Morgan fingerprint density at radius 1 is 1.17 bits per heavy atom. The minimum Gasteiger partial charge on any atom is -0.352 e. The number of aryl methyl sites for hydroxylation is 1. The van der Waals surface area contributed by atoms with Crippen LogP contribution in [0.3, 0.4) is 0 Å². The summed E-state index contributed by atoms with van der Waals surface area (Å²) in [4.78, 5) is 9.28. The van der Waals surface area contributed by atoms with E-state index in [0.717, 1.165) is 23.9 Å². The van der Waals surface area contributed by atoms with Crippen molar-refractivity contribution >= 4 is 17.3 Å². The molecule has 162 valence electrons. The molecule has 6 heteroatoms. The maximum Gasteiger partial charge on any atom is 0.170 e. The highest BCUT2D eigenvalue weighted by molar-refractivity contribution is 7.80. The number of aromatic nitrogens is 2. The van der Waals surface area contributed by atoms with E-state index < -0.39 is 0 Å². The monoisotopic (exact) mass is 425 g/mol. The Kier molecular flexibility index (Phi) is 6.44. The fourth-order valence-corrected chi connectivity index (χ4v) is 5.63. The Balaban J connectivity index is 1.74. The number of rotatable bonds is 6. The molecule has 2 aromatic heterocycles. The lowest BCUT2D eigenvalue weighted by atomic mass is 9.94. The normalized spacial score (nSPS) is 22.7. The molecule has 2 atom stereocenters. The van der Waals surface area contributed by atoms with Crippen LogP contribution >= 0.6 is 12.2 Å². The van der Waals surface area contributed by atoms with Crippen molar-refractivity contribution in [2.75, 3.05) is 27.2 Å². The van der Waals surface area contributed by atoms with Crippen molar-refractivity contribution in [2.24, 2.45) is 0 Å². The fraction of sp³-hybridized carbons (Fsp3) is 0.583. The molecule has 1 aliphatic carbocycles. The summed E-state index contributed by atoms with van der Waals surface area (Å²) in [6.45, 7) is 6.44. The first-order valence-electron chi connectivity index (χ1n) is 11.3. The van der Waals surface area contributed by atoms with Gasteiger partial charge in [0, 0.05) is 36.7 Å². The molecule has 4 rings (SSSR count). The fourth-order valence-electron chi connectivity index (χ4n) is 5.30. The summed E-state index contributed by atoms with van der Waals surface area (Å²) < 4.78 is 2.61. The Morgan fingerprint density at radius 2 is 1.93 bits per heavy atom. The molecule has 2 fully saturated rings. The van der Waals surface area contributed by atoms with E-state index in [1.54, 1.807) is 0 Å². The summed E-state index contributed by atoms with van der Waals surface area (Å²) in [5.41, 5.74) is 5.21. The predicted octanol–water partition coefficient (Wildman–Crippen LogP) is 4.54. The first kappa shape index (κ1) is 21.3. The largest absolute Gasteiger partial charge is 0.352 e. The van der Waals surface area contributed by atoms with Crippen molar-refractivity contribution < 1.29 is 0 Å². The molecule has 0 bridgehead atoms. The molecule has 1 saturated heterocycles. The number of thiocarbonyl (C=S) groups is 1. The first-order valence-corrected chi connectivity index (χ1v) is 11.7. The van der Waals surface area contributed by atoms with Crippen molar-refractivity contribution in [3.05, 3.63) is 53.1 Å². The van der Waals surface area contributed by atoms with E-state index in [4.69, 9.17) is 12.2 Å². The topological polar surface area (TPSA) is 36.3 Å². The van der Waals surface area contributed by atoms with Crippen LogP contribution in [-0.2, 0) is 0 Å². The van der Waals surface area contributed by atoms with Gasteiger partial charge in [-0.05, 0) is 76.8 Å². The van der Waals surface area contributed by atoms with Gasteiger partial charge >= 0.3 is 0 Å². The van der Waals surface area contributed by atoms with Crippen LogP contribution < -0.4 is 5.32 Å². The summed E-state index contributed by atoms with van der Waals surface area (Å²) in [6.07, 6.45) is 8.54. The molecular formula is C24H35N5S. The minimum absolute atomic E-state index is 0.0705. The van der Waals surface area contributed by atoms with Crippen molar-refractivity contribution in [3.8, 4) is 0 Å². The van der Waals surface area contributed by atoms with Crippen LogP contribution in [0.5, 0.6) is 0 Å². The van der Waals surface area contributed by atoms with Crippen LogP contribution in [0, 0.1) is 13.8 Å². The van der Waals surface area contributed by atoms with Crippen molar-refractivity contribution in [1.82, 2.24) is 24.7 Å². The Hall–Kier alpha value is -1.92. The lowest BCUT2D eigenvalue weighted by Gasteiger charge is -2.30. The molecule has 1 aliphatic heterocycles.